The largest absolute Gasteiger partial charge is 0.373 e. The van der Waals surface area contributed by atoms with E-state index in [1.54, 1.807) is 11.8 Å². The number of rotatable bonds is 5. The Balaban J connectivity index is 1.58. The fourth-order valence-electron chi connectivity index (χ4n) is 3.31. The Morgan fingerprint density at radius 1 is 1.08 bits per heavy atom. The fraction of sp³-hybridized carbons (Fsp3) is 0.381. The highest BCUT2D eigenvalue weighted by Crippen LogP contribution is 2.19. The average molecular weight is 371 g/mol. The van der Waals surface area contributed by atoms with Crippen LogP contribution in [0, 0.1) is 0 Å². The van der Waals surface area contributed by atoms with Crippen LogP contribution >= 0.6 is 11.8 Å². The molecule has 1 heterocycles. The summed E-state index contributed by atoms with van der Waals surface area (Å²) in [5.41, 5.74) is 2.70. The third kappa shape index (κ3) is 5.10. The van der Waals surface area contributed by atoms with Gasteiger partial charge in [-0.2, -0.15) is 0 Å². The van der Waals surface area contributed by atoms with Gasteiger partial charge in [0.15, 0.2) is 0 Å². The van der Waals surface area contributed by atoms with Gasteiger partial charge >= 0.3 is 0 Å². The first kappa shape index (κ1) is 19.0. The monoisotopic (exact) mass is 370 g/mol. The van der Waals surface area contributed by atoms with E-state index in [2.05, 4.69) is 24.1 Å². The number of hydrogen-bond acceptors (Lipinski definition) is 4. The van der Waals surface area contributed by atoms with Crippen LogP contribution in [0.1, 0.15) is 29.8 Å². The fourth-order valence-corrected chi connectivity index (χ4v) is 3.72. The van der Waals surface area contributed by atoms with Crippen LogP contribution in [0.4, 0.5) is 5.69 Å². The lowest BCUT2D eigenvalue weighted by Crippen LogP contribution is -2.44. The molecule has 1 N–H and O–H groups in total. The zero-order chi connectivity index (χ0) is 18.5. The normalized spacial score (nSPS) is 20.7. The van der Waals surface area contributed by atoms with E-state index in [1.807, 2.05) is 54.8 Å². The van der Waals surface area contributed by atoms with Crippen molar-refractivity contribution in [3.8, 4) is 0 Å². The lowest BCUT2D eigenvalue weighted by molar-refractivity contribution is -0.0704. The topological polar surface area (TPSA) is 41.6 Å². The van der Waals surface area contributed by atoms with Crippen molar-refractivity contribution in [2.45, 2.75) is 37.5 Å². The van der Waals surface area contributed by atoms with Gasteiger partial charge in [0.1, 0.15) is 0 Å². The highest BCUT2D eigenvalue weighted by atomic mass is 32.2. The van der Waals surface area contributed by atoms with Crippen LogP contribution < -0.4 is 5.32 Å². The molecule has 0 radical (unpaired) electrons. The van der Waals surface area contributed by atoms with Crippen LogP contribution in [0.2, 0.25) is 0 Å². The molecule has 4 nitrogen and oxygen atoms in total. The van der Waals surface area contributed by atoms with E-state index in [1.165, 1.54) is 10.5 Å². The Hall–Kier alpha value is -1.82. The van der Waals surface area contributed by atoms with Crippen molar-refractivity contribution in [3.63, 3.8) is 0 Å². The summed E-state index contributed by atoms with van der Waals surface area (Å²) < 4.78 is 5.78. The summed E-state index contributed by atoms with van der Waals surface area (Å²) in [6.07, 6.45) is 2.57. The average Bonchev–Trinajstić information content (AvgIpc) is 2.62. The predicted molar refractivity (Wildman–Crippen MR) is 108 cm³/mol. The molecule has 2 aromatic rings. The molecule has 2 aromatic carbocycles. The van der Waals surface area contributed by atoms with E-state index >= 15 is 0 Å². The quantitative estimate of drug-likeness (QED) is 0.798. The van der Waals surface area contributed by atoms with Gasteiger partial charge in [0, 0.05) is 35.8 Å². The zero-order valence-corrected chi connectivity index (χ0v) is 16.4. The number of carbonyl (C=O) groups excluding carboxylic acids is 1. The maximum atomic E-state index is 12.4. The van der Waals surface area contributed by atoms with Crippen molar-refractivity contribution in [1.29, 1.82) is 0 Å². The minimum absolute atomic E-state index is 0.0814. The Labute approximate surface area is 159 Å². The van der Waals surface area contributed by atoms with E-state index in [-0.39, 0.29) is 18.1 Å². The molecule has 26 heavy (non-hydrogen) atoms. The molecule has 0 aliphatic carbocycles. The first-order valence-corrected chi connectivity index (χ1v) is 10.2. The van der Waals surface area contributed by atoms with E-state index in [0.29, 0.717) is 5.56 Å². The van der Waals surface area contributed by atoms with Gasteiger partial charge in [0.25, 0.3) is 5.91 Å². The van der Waals surface area contributed by atoms with Crippen LogP contribution in [0.3, 0.4) is 0 Å². The summed E-state index contributed by atoms with van der Waals surface area (Å²) in [7, 11) is 0. The number of nitrogens with one attached hydrogen (secondary N) is 1. The number of nitrogens with zero attached hydrogens (tertiary/aromatic N) is 1. The van der Waals surface area contributed by atoms with Crippen molar-refractivity contribution in [2.75, 3.05) is 24.7 Å². The molecule has 2 atom stereocenters. The molecular weight excluding hydrogens is 344 g/mol. The SMILES string of the molecule is CSc1ccc(NC(=O)c2ccc(CN3CC(C)OC(C)C3)cc2)cc1. The molecule has 138 valence electrons. The molecule has 0 bridgehead atoms. The molecule has 0 aromatic heterocycles. The molecule has 1 amide bonds. The van der Waals surface area contributed by atoms with Gasteiger partial charge in [-0.05, 0) is 62.1 Å². The van der Waals surface area contributed by atoms with Gasteiger partial charge in [-0.25, -0.2) is 0 Å². The van der Waals surface area contributed by atoms with Crippen molar-refractivity contribution >= 4 is 23.4 Å². The summed E-state index contributed by atoms with van der Waals surface area (Å²) in [6.45, 7) is 7.00. The van der Waals surface area contributed by atoms with Gasteiger partial charge in [-0.15, -0.1) is 11.8 Å². The maximum Gasteiger partial charge on any atom is 0.255 e. The highest BCUT2D eigenvalue weighted by molar-refractivity contribution is 7.98. The Morgan fingerprint density at radius 3 is 2.27 bits per heavy atom. The number of anilines is 1. The highest BCUT2D eigenvalue weighted by Gasteiger charge is 2.22. The van der Waals surface area contributed by atoms with Crippen LogP contribution in [-0.4, -0.2) is 42.4 Å². The van der Waals surface area contributed by atoms with Crippen molar-refractivity contribution < 1.29 is 9.53 Å². The van der Waals surface area contributed by atoms with Gasteiger partial charge in [-0.3, -0.25) is 9.69 Å². The number of amides is 1. The lowest BCUT2D eigenvalue weighted by atomic mass is 10.1. The predicted octanol–water partition coefficient (Wildman–Crippen LogP) is 4.27. The second-order valence-electron chi connectivity index (χ2n) is 6.83. The van der Waals surface area contributed by atoms with Crippen LogP contribution in [0.5, 0.6) is 0 Å². The van der Waals surface area contributed by atoms with E-state index in [0.717, 1.165) is 25.3 Å². The van der Waals surface area contributed by atoms with Crippen LogP contribution in [-0.2, 0) is 11.3 Å². The summed E-state index contributed by atoms with van der Waals surface area (Å²) in [5.74, 6) is -0.0814. The molecule has 1 saturated heterocycles. The molecule has 1 aliphatic heterocycles. The van der Waals surface area contributed by atoms with Gasteiger partial charge in [0.05, 0.1) is 12.2 Å². The minimum atomic E-state index is -0.0814. The minimum Gasteiger partial charge on any atom is -0.373 e. The van der Waals surface area contributed by atoms with E-state index in [4.69, 9.17) is 4.74 Å². The molecule has 3 rings (SSSR count). The van der Waals surface area contributed by atoms with E-state index < -0.39 is 0 Å². The summed E-state index contributed by atoms with van der Waals surface area (Å²) in [4.78, 5) is 16.0. The molecule has 0 spiro atoms. The number of benzene rings is 2. The first-order valence-electron chi connectivity index (χ1n) is 8.95. The number of morpholine rings is 1. The number of ether oxygens (including phenoxy) is 1. The van der Waals surface area contributed by atoms with Gasteiger partial charge < -0.3 is 10.1 Å². The first-order chi connectivity index (χ1) is 12.5. The third-order valence-electron chi connectivity index (χ3n) is 4.47. The lowest BCUT2D eigenvalue weighted by Gasteiger charge is -2.35. The number of carbonyl (C=O) groups is 1. The number of hydrogen-bond donors (Lipinski definition) is 1. The van der Waals surface area contributed by atoms with Gasteiger partial charge in [-0.1, -0.05) is 12.1 Å². The molecule has 5 heteroatoms. The Bertz CT molecular complexity index is 721. The maximum absolute atomic E-state index is 12.4. The molecule has 0 saturated carbocycles. The Kier molecular flexibility index (Phi) is 6.35. The molecule has 2 unspecified atom stereocenters. The summed E-state index contributed by atoms with van der Waals surface area (Å²) in [5, 5.41) is 2.95. The summed E-state index contributed by atoms with van der Waals surface area (Å²) in [6, 6.07) is 15.7. The van der Waals surface area contributed by atoms with Crippen molar-refractivity contribution in [3.05, 3.63) is 59.7 Å². The Morgan fingerprint density at radius 2 is 1.69 bits per heavy atom. The standard InChI is InChI=1S/C21H26N2O2S/c1-15-12-23(13-16(2)25-15)14-17-4-6-18(7-5-17)21(24)22-19-8-10-20(26-3)11-9-19/h4-11,15-16H,12-14H2,1-3H3,(H,22,24). The number of thioether (sulfide) groups is 1. The molecular formula is C21H26N2O2S. The summed E-state index contributed by atoms with van der Waals surface area (Å²) >= 11 is 1.68. The van der Waals surface area contributed by atoms with Crippen molar-refractivity contribution in [1.82, 2.24) is 4.90 Å². The second-order valence-corrected chi connectivity index (χ2v) is 7.71. The smallest absolute Gasteiger partial charge is 0.255 e. The van der Waals surface area contributed by atoms with E-state index in [9.17, 15) is 4.79 Å². The zero-order valence-electron chi connectivity index (χ0n) is 15.6. The van der Waals surface area contributed by atoms with Crippen molar-refractivity contribution in [2.24, 2.45) is 0 Å². The molecule has 1 aliphatic rings. The second kappa shape index (κ2) is 8.71. The van der Waals surface area contributed by atoms with Crippen LogP contribution in [0.25, 0.3) is 0 Å². The van der Waals surface area contributed by atoms with Gasteiger partial charge in [0.2, 0.25) is 0 Å². The third-order valence-corrected chi connectivity index (χ3v) is 5.21. The molecule has 1 fully saturated rings. The van der Waals surface area contributed by atoms with Crippen LogP contribution in [0.15, 0.2) is 53.4 Å².